The number of aliphatic hydroxyl groups excluding tert-OH is 17. The van der Waals surface area contributed by atoms with Gasteiger partial charge < -0.3 is 160 Å². The van der Waals surface area contributed by atoms with Crippen molar-refractivity contribution in [3.63, 3.8) is 0 Å². The molecule has 0 spiro atoms. The van der Waals surface area contributed by atoms with Crippen LogP contribution < -0.4 is 16.0 Å². The molecule has 6 fully saturated rings. The summed E-state index contributed by atoms with van der Waals surface area (Å²) in [6.45, 7) is -0.0137. The average Bonchev–Trinajstić information content (AvgIpc) is 0.780. The van der Waals surface area contributed by atoms with Crippen LogP contribution in [0.25, 0.3) is 0 Å². The Labute approximate surface area is 543 Å². The first-order chi connectivity index (χ1) is 44.9. The summed E-state index contributed by atoms with van der Waals surface area (Å²) in [6.07, 6.45) is -37.6. The third kappa shape index (κ3) is 20.8. The van der Waals surface area contributed by atoms with Gasteiger partial charge in [-0.1, -0.05) is 83.3 Å². The van der Waals surface area contributed by atoms with E-state index in [1.807, 2.05) is 0 Å². The normalized spacial score (nSPS) is 42.0. The Morgan fingerprint density at radius 2 is 0.862 bits per heavy atom. The van der Waals surface area contributed by atoms with Gasteiger partial charge >= 0.3 is 0 Å². The maximum atomic E-state index is 13.0. The van der Waals surface area contributed by atoms with Gasteiger partial charge in [-0.2, -0.15) is 0 Å². The topological polar surface area (TPSA) is 542 Å². The van der Waals surface area contributed by atoms with Crippen LogP contribution in [0.2, 0.25) is 0 Å². The molecule has 6 rings (SSSR count). The van der Waals surface area contributed by atoms with Gasteiger partial charge in [0, 0.05) is 13.8 Å². The first-order valence-corrected chi connectivity index (χ1v) is 32.3. The molecule has 0 saturated carbocycles. The van der Waals surface area contributed by atoms with Crippen molar-refractivity contribution < 1.29 is 158 Å². The third-order valence-corrected chi connectivity index (χ3v) is 17.6. The van der Waals surface area contributed by atoms with Crippen LogP contribution in [0.3, 0.4) is 0 Å². The standard InChI is InChI=1S/C59H103N3O32/c1-5-6-7-8-9-10-11-12-13-14-15-16-17-18-30(71)29(60-25-68)24-83-56-47(81)45(79)50(35(23-67)89-56)90-58-48(82)51(40(74)32(20-64)86-58)92-55-37(62-28(4)70)43(77)49(34(22-66)88-55)91-59-53(94-57-46(80)44(78)38(72)26(2)84-57)52(41(75)33(21-65)87-59)93-54-36(61-27(3)69)42(76)39(73)31(19-63)85-54/h17-18,25-26,29-59,63-67,71-82H,5-16,19-24H2,1-4H3,(H,60,68)(H,61,69)(H,62,70)/b18-17+/t26-,29-,30+,31+,32+,33+,34+,35+,36+,37+,38+,39-,40-,41-,42+,43+,44+,45+,46-,47+,48+,49+,50+,51-,52-,53+,54+,55-,56+,57-,58-,59-/m0/s1. The molecule has 0 aromatic rings. The number of nitrogens with one attached hydrogen (secondary N) is 3. The molecule has 6 aliphatic heterocycles. The van der Waals surface area contributed by atoms with Crippen molar-refractivity contribution in [2.24, 2.45) is 0 Å². The largest absolute Gasteiger partial charge is 0.394 e. The fraction of sp³-hybridized carbons (Fsp3) is 0.915. The van der Waals surface area contributed by atoms with Gasteiger partial charge in [0.15, 0.2) is 37.7 Å². The lowest BCUT2D eigenvalue weighted by molar-refractivity contribution is -0.402. The number of unbranched alkanes of at least 4 members (excludes halogenated alkanes) is 11. The molecule has 20 N–H and O–H groups in total. The fourth-order valence-corrected chi connectivity index (χ4v) is 12.2. The number of hydrogen-bond donors (Lipinski definition) is 20. The van der Waals surface area contributed by atoms with Gasteiger partial charge in [0.05, 0.1) is 57.9 Å². The molecule has 35 nitrogen and oxygen atoms in total. The molecule has 6 heterocycles. The van der Waals surface area contributed by atoms with Crippen LogP contribution in [-0.4, -0.2) is 341 Å². The highest BCUT2D eigenvalue weighted by molar-refractivity contribution is 5.73. The second kappa shape index (κ2) is 39.1. The number of carbonyl (C=O) groups excluding carboxylic acids is 3. The second-order valence-corrected chi connectivity index (χ2v) is 24.7. The Morgan fingerprint density at radius 1 is 0.436 bits per heavy atom. The molecule has 35 heteroatoms. The SMILES string of the molecule is CCCCCCCCCCCCC/C=C/[C@@H](O)[C@H](CO[C@@H]1O[C@H](CO)[C@@H](O[C@@H]2O[C@H](CO)[C@H](O)[C@H](O[C@@H]3O[C@H](CO)[C@@H](O[C@@H]4O[C@H](CO)[C@H](O)[C@H](O[C@H]5O[C@H](CO)[C@H](O)[C@H](O)[C@H]5NC(C)=O)[C@H]4O[C@@H]4O[C@@H](C)[C@@H](O)[C@@H](O)[C@@H]4O)[C@H](O)[C@H]3NC(C)=O)[C@H]2O)[C@H](O)[C@H]1O)NC=O. The first-order valence-electron chi connectivity index (χ1n) is 32.3. The predicted molar refractivity (Wildman–Crippen MR) is 314 cm³/mol. The molecule has 0 aromatic carbocycles. The molecular formula is C59H103N3O32. The van der Waals surface area contributed by atoms with Crippen molar-refractivity contribution in [3.05, 3.63) is 12.2 Å². The number of hydrogen-bond acceptors (Lipinski definition) is 32. The van der Waals surface area contributed by atoms with Gasteiger partial charge in [-0.05, 0) is 19.8 Å². The van der Waals surface area contributed by atoms with Gasteiger partial charge in [-0.25, -0.2) is 0 Å². The zero-order valence-corrected chi connectivity index (χ0v) is 53.2. The summed E-state index contributed by atoms with van der Waals surface area (Å²) in [4.78, 5) is 36.9. The zero-order valence-electron chi connectivity index (χ0n) is 53.2. The minimum absolute atomic E-state index is 0.335. The average molecular weight is 1370 g/mol. The van der Waals surface area contributed by atoms with Crippen LogP contribution in [0.5, 0.6) is 0 Å². The summed E-state index contributed by atoms with van der Waals surface area (Å²) in [6, 6.07) is -4.62. The number of allylic oxidation sites excluding steroid dienone is 1. The van der Waals surface area contributed by atoms with Crippen molar-refractivity contribution in [1.29, 1.82) is 0 Å². The lowest BCUT2D eigenvalue weighted by Gasteiger charge is -2.51. The van der Waals surface area contributed by atoms with E-state index in [9.17, 15) is 101 Å². The lowest BCUT2D eigenvalue weighted by atomic mass is 9.93. The number of aliphatic hydroxyl groups is 17. The van der Waals surface area contributed by atoms with Crippen molar-refractivity contribution in [2.45, 2.75) is 301 Å². The summed E-state index contributed by atoms with van der Waals surface area (Å²) in [5, 5.41) is 195. The van der Waals surface area contributed by atoms with E-state index in [0.29, 0.717) is 12.8 Å². The fourth-order valence-electron chi connectivity index (χ4n) is 12.2. The van der Waals surface area contributed by atoms with Crippen molar-refractivity contribution >= 4 is 18.2 Å². The van der Waals surface area contributed by atoms with Crippen molar-refractivity contribution in [3.8, 4) is 0 Å². The van der Waals surface area contributed by atoms with E-state index in [0.717, 1.165) is 39.5 Å². The number of amides is 3. The Balaban J connectivity index is 1.17. The van der Waals surface area contributed by atoms with E-state index in [1.165, 1.54) is 57.9 Å². The number of carbonyl (C=O) groups is 3. The van der Waals surface area contributed by atoms with E-state index in [2.05, 4.69) is 22.9 Å². The molecule has 6 aliphatic rings. The van der Waals surface area contributed by atoms with Crippen LogP contribution in [0, 0.1) is 0 Å². The molecule has 3 amide bonds. The van der Waals surface area contributed by atoms with E-state index in [4.69, 9.17) is 56.8 Å². The highest BCUT2D eigenvalue weighted by Crippen LogP contribution is 2.38. The first kappa shape index (κ1) is 80.0. The molecule has 0 bridgehead atoms. The lowest BCUT2D eigenvalue weighted by Crippen LogP contribution is -2.71. The van der Waals surface area contributed by atoms with Crippen LogP contribution >= 0.6 is 0 Å². The van der Waals surface area contributed by atoms with E-state index >= 15 is 0 Å². The summed E-state index contributed by atoms with van der Waals surface area (Å²) < 4.78 is 71.2. The summed E-state index contributed by atoms with van der Waals surface area (Å²) in [5.41, 5.74) is 0. The summed E-state index contributed by atoms with van der Waals surface area (Å²) >= 11 is 0. The van der Waals surface area contributed by atoms with Crippen LogP contribution in [0.1, 0.15) is 105 Å². The number of rotatable bonds is 36. The van der Waals surface area contributed by atoms with Gasteiger partial charge in [-0.3, -0.25) is 14.4 Å². The molecule has 0 radical (unpaired) electrons. The number of ether oxygens (including phenoxy) is 12. The highest BCUT2D eigenvalue weighted by Gasteiger charge is 2.59. The Hall–Kier alpha value is -3.01. The van der Waals surface area contributed by atoms with E-state index in [-0.39, 0.29) is 0 Å². The van der Waals surface area contributed by atoms with Gasteiger partial charge in [-0.15, -0.1) is 0 Å². The quantitative estimate of drug-likeness (QED) is 0.0157. The second-order valence-electron chi connectivity index (χ2n) is 24.7. The maximum absolute atomic E-state index is 13.0. The van der Waals surface area contributed by atoms with Crippen LogP contribution in [0.4, 0.5) is 0 Å². The third-order valence-electron chi connectivity index (χ3n) is 17.6. The Morgan fingerprint density at radius 3 is 1.41 bits per heavy atom. The van der Waals surface area contributed by atoms with E-state index < -0.39 is 248 Å². The highest BCUT2D eigenvalue weighted by atomic mass is 16.8. The van der Waals surface area contributed by atoms with Gasteiger partial charge in [0.2, 0.25) is 18.2 Å². The zero-order chi connectivity index (χ0) is 69.1. The van der Waals surface area contributed by atoms with Crippen molar-refractivity contribution in [2.75, 3.05) is 39.6 Å². The molecule has 6 saturated heterocycles. The Kier molecular flexibility index (Phi) is 33.3. The monoisotopic (exact) mass is 1370 g/mol. The molecule has 546 valence electrons. The molecule has 0 aromatic heterocycles. The van der Waals surface area contributed by atoms with Gasteiger partial charge in [0.25, 0.3) is 0 Å². The molecule has 0 aliphatic carbocycles. The smallest absolute Gasteiger partial charge is 0.217 e. The van der Waals surface area contributed by atoms with Gasteiger partial charge in [0.1, 0.15) is 140 Å². The van der Waals surface area contributed by atoms with Crippen LogP contribution in [0.15, 0.2) is 12.2 Å². The molecule has 0 unspecified atom stereocenters. The van der Waals surface area contributed by atoms with Crippen LogP contribution in [-0.2, 0) is 71.2 Å². The Bertz CT molecular complexity index is 2240. The molecular weight excluding hydrogens is 1260 g/mol. The summed E-state index contributed by atoms with van der Waals surface area (Å²) in [7, 11) is 0. The van der Waals surface area contributed by atoms with E-state index in [1.54, 1.807) is 6.08 Å². The maximum Gasteiger partial charge on any atom is 0.217 e. The minimum atomic E-state index is -2.21. The molecule has 94 heavy (non-hydrogen) atoms. The summed E-state index contributed by atoms with van der Waals surface area (Å²) in [5.74, 6) is -1.68. The predicted octanol–water partition coefficient (Wildman–Crippen LogP) is -8.03. The minimum Gasteiger partial charge on any atom is -0.394 e. The van der Waals surface area contributed by atoms with Crippen molar-refractivity contribution in [1.82, 2.24) is 16.0 Å². The molecule has 32 atom stereocenters.